The second-order valence-electron chi connectivity index (χ2n) is 5.00. The minimum atomic E-state index is 0.244. The zero-order chi connectivity index (χ0) is 11.1. The molecular weight excluding hydrogens is 184 g/mol. The lowest BCUT2D eigenvalue weighted by Gasteiger charge is -2.20. The molecule has 0 saturated heterocycles. The summed E-state index contributed by atoms with van der Waals surface area (Å²) in [7, 11) is 0. The second kappa shape index (κ2) is 5.86. The summed E-state index contributed by atoms with van der Waals surface area (Å²) < 4.78 is 0. The van der Waals surface area contributed by atoms with E-state index < -0.39 is 0 Å². The Kier molecular flexibility index (Phi) is 4.76. The average molecular weight is 206 g/mol. The molecule has 0 aromatic carbocycles. The van der Waals surface area contributed by atoms with Crippen LogP contribution in [0.5, 0.6) is 0 Å². The lowest BCUT2D eigenvalue weighted by Crippen LogP contribution is -2.36. The molecule has 1 heterocycles. The van der Waals surface area contributed by atoms with E-state index in [0.717, 1.165) is 13.0 Å². The number of aryl methyl sites for hydroxylation is 1. The maximum absolute atomic E-state index is 4.11. The van der Waals surface area contributed by atoms with Gasteiger partial charge in [-0.05, 0) is 58.2 Å². The van der Waals surface area contributed by atoms with Gasteiger partial charge in [0, 0.05) is 17.9 Å². The fourth-order valence-electron chi connectivity index (χ4n) is 1.46. The van der Waals surface area contributed by atoms with Crippen LogP contribution in [0.15, 0.2) is 24.5 Å². The average Bonchev–Trinajstić information content (AvgIpc) is 2.17. The van der Waals surface area contributed by atoms with Gasteiger partial charge in [0.15, 0.2) is 0 Å². The summed E-state index contributed by atoms with van der Waals surface area (Å²) in [6.45, 7) is 7.71. The first kappa shape index (κ1) is 12.2. The van der Waals surface area contributed by atoms with E-state index in [1.54, 1.807) is 0 Å². The third-order valence-corrected chi connectivity index (χ3v) is 2.27. The molecule has 0 fully saturated rings. The number of nitrogens with one attached hydrogen (secondary N) is 1. The van der Waals surface area contributed by atoms with Crippen LogP contribution in [0.4, 0.5) is 0 Å². The van der Waals surface area contributed by atoms with Crippen LogP contribution in [-0.2, 0) is 6.42 Å². The number of pyridine rings is 1. The van der Waals surface area contributed by atoms with Gasteiger partial charge in [-0.15, -0.1) is 0 Å². The molecule has 0 atom stereocenters. The molecule has 0 bridgehead atoms. The summed E-state index contributed by atoms with van der Waals surface area (Å²) in [6, 6.07) is 4.15. The van der Waals surface area contributed by atoms with Crippen molar-refractivity contribution in [2.75, 3.05) is 6.54 Å². The number of aromatic nitrogens is 1. The largest absolute Gasteiger partial charge is 0.312 e. The molecule has 0 aliphatic carbocycles. The van der Waals surface area contributed by atoms with Crippen LogP contribution in [0.25, 0.3) is 0 Å². The molecule has 1 aromatic heterocycles. The number of rotatable bonds is 5. The highest BCUT2D eigenvalue weighted by molar-refractivity contribution is 5.08. The van der Waals surface area contributed by atoms with Gasteiger partial charge in [0.25, 0.3) is 0 Å². The highest BCUT2D eigenvalue weighted by Gasteiger charge is 2.06. The first-order valence-electron chi connectivity index (χ1n) is 5.72. The number of hydrogen-bond acceptors (Lipinski definition) is 2. The zero-order valence-electron chi connectivity index (χ0n) is 10.1. The van der Waals surface area contributed by atoms with E-state index in [4.69, 9.17) is 0 Å². The van der Waals surface area contributed by atoms with Gasteiger partial charge in [0.05, 0.1) is 0 Å². The van der Waals surface area contributed by atoms with E-state index in [2.05, 4.69) is 37.1 Å². The lowest BCUT2D eigenvalue weighted by molar-refractivity contribution is 0.419. The van der Waals surface area contributed by atoms with Crippen LogP contribution < -0.4 is 5.32 Å². The van der Waals surface area contributed by atoms with Crippen molar-refractivity contribution >= 4 is 0 Å². The molecule has 2 heteroatoms. The smallest absolute Gasteiger partial charge is 0.0299 e. The SMILES string of the molecule is CC(C)(C)NCCCCc1cccnc1. The van der Waals surface area contributed by atoms with E-state index in [0.29, 0.717) is 0 Å². The second-order valence-corrected chi connectivity index (χ2v) is 5.00. The predicted molar refractivity (Wildman–Crippen MR) is 64.9 cm³/mol. The molecule has 15 heavy (non-hydrogen) atoms. The molecule has 0 saturated carbocycles. The first-order chi connectivity index (χ1) is 7.08. The molecule has 1 rings (SSSR count). The van der Waals surface area contributed by atoms with Crippen molar-refractivity contribution in [3.8, 4) is 0 Å². The van der Waals surface area contributed by atoms with Gasteiger partial charge in [-0.2, -0.15) is 0 Å². The van der Waals surface area contributed by atoms with Gasteiger partial charge >= 0.3 is 0 Å². The summed E-state index contributed by atoms with van der Waals surface area (Å²) in [4.78, 5) is 4.11. The van der Waals surface area contributed by atoms with Gasteiger partial charge < -0.3 is 5.32 Å². The molecular formula is C13H22N2. The fraction of sp³-hybridized carbons (Fsp3) is 0.615. The Morgan fingerprint density at radius 1 is 1.27 bits per heavy atom. The van der Waals surface area contributed by atoms with Gasteiger partial charge in [-0.1, -0.05) is 6.07 Å². The zero-order valence-corrected chi connectivity index (χ0v) is 10.1. The van der Waals surface area contributed by atoms with E-state index in [9.17, 15) is 0 Å². The standard InChI is InChI=1S/C13H22N2/c1-13(2,3)15-10-5-4-7-12-8-6-9-14-11-12/h6,8-9,11,15H,4-5,7,10H2,1-3H3. The number of unbranched alkanes of at least 4 members (excludes halogenated alkanes) is 1. The maximum Gasteiger partial charge on any atom is 0.0299 e. The molecule has 2 nitrogen and oxygen atoms in total. The van der Waals surface area contributed by atoms with Crippen LogP contribution in [-0.4, -0.2) is 17.1 Å². The molecule has 1 N–H and O–H groups in total. The Bertz CT molecular complexity index is 262. The van der Waals surface area contributed by atoms with E-state index in [1.165, 1.54) is 18.4 Å². The quantitative estimate of drug-likeness (QED) is 0.749. The van der Waals surface area contributed by atoms with Crippen molar-refractivity contribution in [2.24, 2.45) is 0 Å². The van der Waals surface area contributed by atoms with Crippen LogP contribution >= 0.6 is 0 Å². The Hall–Kier alpha value is -0.890. The Balaban J connectivity index is 2.08. The van der Waals surface area contributed by atoms with Crippen LogP contribution in [0.1, 0.15) is 39.2 Å². The third kappa shape index (κ3) is 6.24. The topological polar surface area (TPSA) is 24.9 Å². The first-order valence-corrected chi connectivity index (χ1v) is 5.72. The molecule has 0 radical (unpaired) electrons. The van der Waals surface area contributed by atoms with Crippen molar-refractivity contribution in [3.63, 3.8) is 0 Å². The summed E-state index contributed by atoms with van der Waals surface area (Å²) in [5.74, 6) is 0. The number of nitrogens with zero attached hydrogens (tertiary/aromatic N) is 1. The minimum absolute atomic E-state index is 0.244. The molecule has 0 amide bonds. The molecule has 0 aliphatic rings. The molecule has 0 unspecified atom stereocenters. The Labute approximate surface area is 93.1 Å². The van der Waals surface area contributed by atoms with E-state index in [-0.39, 0.29) is 5.54 Å². The normalized spacial score (nSPS) is 11.7. The van der Waals surface area contributed by atoms with Crippen molar-refractivity contribution in [1.29, 1.82) is 0 Å². The maximum atomic E-state index is 4.11. The Morgan fingerprint density at radius 2 is 2.07 bits per heavy atom. The monoisotopic (exact) mass is 206 g/mol. The summed E-state index contributed by atoms with van der Waals surface area (Å²) in [5, 5.41) is 3.49. The molecule has 0 aliphatic heterocycles. The van der Waals surface area contributed by atoms with E-state index in [1.807, 2.05) is 18.5 Å². The Morgan fingerprint density at radius 3 is 2.67 bits per heavy atom. The van der Waals surface area contributed by atoms with Gasteiger partial charge in [-0.25, -0.2) is 0 Å². The van der Waals surface area contributed by atoms with Gasteiger partial charge in [0.2, 0.25) is 0 Å². The lowest BCUT2D eigenvalue weighted by atomic mass is 10.1. The van der Waals surface area contributed by atoms with Crippen molar-refractivity contribution in [3.05, 3.63) is 30.1 Å². The minimum Gasteiger partial charge on any atom is -0.312 e. The fourth-order valence-corrected chi connectivity index (χ4v) is 1.46. The molecule has 84 valence electrons. The van der Waals surface area contributed by atoms with Crippen molar-refractivity contribution in [1.82, 2.24) is 10.3 Å². The predicted octanol–water partition coefficient (Wildman–Crippen LogP) is 2.79. The third-order valence-electron chi connectivity index (χ3n) is 2.27. The van der Waals surface area contributed by atoms with Crippen LogP contribution in [0, 0.1) is 0 Å². The summed E-state index contributed by atoms with van der Waals surface area (Å²) >= 11 is 0. The van der Waals surface area contributed by atoms with Gasteiger partial charge in [-0.3, -0.25) is 4.98 Å². The summed E-state index contributed by atoms with van der Waals surface area (Å²) in [6.07, 6.45) is 7.38. The van der Waals surface area contributed by atoms with Crippen LogP contribution in [0.3, 0.4) is 0 Å². The van der Waals surface area contributed by atoms with Gasteiger partial charge in [0.1, 0.15) is 0 Å². The number of hydrogen-bond donors (Lipinski definition) is 1. The summed E-state index contributed by atoms with van der Waals surface area (Å²) in [5.41, 5.74) is 1.59. The molecule has 0 spiro atoms. The highest BCUT2D eigenvalue weighted by Crippen LogP contribution is 2.03. The molecule has 1 aromatic rings. The van der Waals surface area contributed by atoms with Crippen molar-refractivity contribution < 1.29 is 0 Å². The van der Waals surface area contributed by atoms with Crippen LogP contribution in [0.2, 0.25) is 0 Å². The van der Waals surface area contributed by atoms with Crippen molar-refractivity contribution in [2.45, 2.75) is 45.6 Å². The highest BCUT2D eigenvalue weighted by atomic mass is 14.9. The van der Waals surface area contributed by atoms with E-state index >= 15 is 0 Å².